The quantitative estimate of drug-likeness (QED) is 0.694. The van der Waals surface area contributed by atoms with Gasteiger partial charge in [0.15, 0.2) is 0 Å². The van der Waals surface area contributed by atoms with E-state index in [2.05, 4.69) is 10.6 Å². The van der Waals surface area contributed by atoms with Gasteiger partial charge in [-0.2, -0.15) is 0 Å². The molecule has 92 valence electrons. The van der Waals surface area contributed by atoms with Gasteiger partial charge < -0.3 is 20.1 Å². The van der Waals surface area contributed by atoms with Gasteiger partial charge in [-0.1, -0.05) is 0 Å². The smallest absolute Gasteiger partial charge is 0.221 e. The second-order valence-electron chi connectivity index (χ2n) is 4.37. The zero-order chi connectivity index (χ0) is 11.2. The average Bonchev–Trinajstić information content (AvgIpc) is 2.52. The van der Waals surface area contributed by atoms with E-state index in [9.17, 15) is 4.79 Å². The van der Waals surface area contributed by atoms with Crippen LogP contribution >= 0.6 is 0 Å². The summed E-state index contributed by atoms with van der Waals surface area (Å²) in [5.74, 6) is 0.149. The van der Waals surface area contributed by atoms with Crippen molar-refractivity contribution in [1.82, 2.24) is 10.6 Å². The highest BCUT2D eigenvalue weighted by Gasteiger charge is 2.19. The van der Waals surface area contributed by atoms with Gasteiger partial charge in [0, 0.05) is 25.6 Å². The van der Waals surface area contributed by atoms with Crippen LogP contribution < -0.4 is 10.6 Å². The fraction of sp³-hybridized carbons (Fsp3) is 0.909. The van der Waals surface area contributed by atoms with Gasteiger partial charge in [0.1, 0.15) is 0 Å². The Bertz CT molecular complexity index is 229. The van der Waals surface area contributed by atoms with E-state index in [0.29, 0.717) is 26.2 Å². The second kappa shape index (κ2) is 6.18. The van der Waals surface area contributed by atoms with Gasteiger partial charge in [-0.3, -0.25) is 4.79 Å². The van der Waals surface area contributed by atoms with Crippen LogP contribution in [-0.4, -0.2) is 51.0 Å². The highest BCUT2D eigenvalue weighted by molar-refractivity contribution is 5.76. The highest BCUT2D eigenvalue weighted by Crippen LogP contribution is 2.07. The molecule has 2 aliphatic rings. The fourth-order valence-corrected chi connectivity index (χ4v) is 2.10. The number of rotatable bonds is 3. The van der Waals surface area contributed by atoms with E-state index in [-0.39, 0.29) is 18.1 Å². The van der Waals surface area contributed by atoms with E-state index < -0.39 is 0 Å². The molecule has 2 heterocycles. The molecule has 2 saturated heterocycles. The number of nitrogens with one attached hydrogen (secondary N) is 2. The molecule has 0 aliphatic carbocycles. The third-order valence-corrected chi connectivity index (χ3v) is 3.00. The van der Waals surface area contributed by atoms with Crippen LogP contribution in [0.3, 0.4) is 0 Å². The summed E-state index contributed by atoms with van der Waals surface area (Å²) in [6.07, 6.45) is 2.81. The Morgan fingerprint density at radius 3 is 3.19 bits per heavy atom. The Kier molecular flexibility index (Phi) is 4.56. The highest BCUT2D eigenvalue weighted by atomic mass is 16.6. The monoisotopic (exact) mass is 228 g/mol. The number of carbonyl (C=O) groups excluding carboxylic acids is 1. The number of hydrogen-bond donors (Lipinski definition) is 2. The zero-order valence-electron chi connectivity index (χ0n) is 9.54. The molecule has 2 aliphatic heterocycles. The predicted octanol–water partition coefficient (Wildman–Crippen LogP) is -0.340. The fourth-order valence-electron chi connectivity index (χ4n) is 2.10. The van der Waals surface area contributed by atoms with Crippen LogP contribution in [0.4, 0.5) is 0 Å². The van der Waals surface area contributed by atoms with Gasteiger partial charge in [0.05, 0.1) is 25.9 Å². The predicted molar refractivity (Wildman–Crippen MR) is 59.2 cm³/mol. The summed E-state index contributed by atoms with van der Waals surface area (Å²) in [4.78, 5) is 11.3. The first-order valence-electron chi connectivity index (χ1n) is 6.04. The van der Waals surface area contributed by atoms with E-state index in [1.165, 1.54) is 0 Å². The van der Waals surface area contributed by atoms with Crippen LogP contribution in [0.5, 0.6) is 0 Å². The topological polar surface area (TPSA) is 59.6 Å². The minimum Gasteiger partial charge on any atom is -0.376 e. The van der Waals surface area contributed by atoms with E-state index in [1.807, 2.05) is 0 Å². The molecule has 5 nitrogen and oxygen atoms in total. The van der Waals surface area contributed by atoms with Crippen molar-refractivity contribution in [3.05, 3.63) is 0 Å². The Labute approximate surface area is 95.9 Å². The molecule has 0 bridgehead atoms. The minimum atomic E-state index is 0.139. The molecule has 0 aromatic carbocycles. The number of carbonyl (C=O) groups is 1. The number of amides is 1. The zero-order valence-corrected chi connectivity index (χ0v) is 9.54. The molecule has 2 atom stereocenters. The van der Waals surface area contributed by atoms with Crippen molar-refractivity contribution in [3.8, 4) is 0 Å². The lowest BCUT2D eigenvalue weighted by Gasteiger charge is -2.25. The van der Waals surface area contributed by atoms with E-state index in [0.717, 1.165) is 25.9 Å². The molecule has 0 spiro atoms. The first-order chi connectivity index (χ1) is 7.84. The maximum atomic E-state index is 11.3. The molecular formula is C11H20N2O3. The Hall–Kier alpha value is -0.650. The molecule has 16 heavy (non-hydrogen) atoms. The molecular weight excluding hydrogens is 208 g/mol. The number of ether oxygens (including phenoxy) is 2. The van der Waals surface area contributed by atoms with E-state index in [1.54, 1.807) is 0 Å². The lowest BCUT2D eigenvalue weighted by atomic mass is 10.1. The Morgan fingerprint density at radius 2 is 2.38 bits per heavy atom. The van der Waals surface area contributed by atoms with Crippen molar-refractivity contribution in [1.29, 1.82) is 0 Å². The third-order valence-electron chi connectivity index (χ3n) is 3.00. The van der Waals surface area contributed by atoms with Gasteiger partial charge >= 0.3 is 0 Å². The summed E-state index contributed by atoms with van der Waals surface area (Å²) in [5.41, 5.74) is 0. The van der Waals surface area contributed by atoms with Gasteiger partial charge in [-0.05, 0) is 12.8 Å². The summed E-state index contributed by atoms with van der Waals surface area (Å²) in [5, 5.41) is 6.27. The largest absolute Gasteiger partial charge is 0.376 e. The normalized spacial score (nSPS) is 31.9. The molecule has 0 aromatic heterocycles. The molecule has 0 radical (unpaired) electrons. The molecule has 2 rings (SSSR count). The van der Waals surface area contributed by atoms with Crippen LogP contribution in [0.2, 0.25) is 0 Å². The first-order valence-corrected chi connectivity index (χ1v) is 6.04. The standard InChI is InChI=1S/C11H20N2O3/c14-11-6-9(2-1-3-12-11)13-7-10-8-15-4-5-16-10/h9-10,13H,1-8H2,(H,12,14). The lowest BCUT2D eigenvalue weighted by Crippen LogP contribution is -2.42. The number of hydrogen-bond acceptors (Lipinski definition) is 4. The lowest BCUT2D eigenvalue weighted by molar-refractivity contribution is -0.121. The molecule has 0 aromatic rings. The van der Waals surface area contributed by atoms with Crippen molar-refractivity contribution in [2.75, 3.05) is 32.9 Å². The van der Waals surface area contributed by atoms with Crippen LogP contribution in [0.25, 0.3) is 0 Å². The van der Waals surface area contributed by atoms with Gasteiger partial charge in [0.2, 0.25) is 5.91 Å². The minimum absolute atomic E-state index is 0.139. The van der Waals surface area contributed by atoms with Crippen LogP contribution in [-0.2, 0) is 14.3 Å². The second-order valence-corrected chi connectivity index (χ2v) is 4.37. The summed E-state index contributed by atoms with van der Waals surface area (Å²) >= 11 is 0. The summed E-state index contributed by atoms with van der Waals surface area (Å²) < 4.78 is 10.9. The van der Waals surface area contributed by atoms with Crippen molar-refractivity contribution < 1.29 is 14.3 Å². The van der Waals surface area contributed by atoms with Crippen LogP contribution in [0, 0.1) is 0 Å². The molecule has 1 amide bonds. The summed E-state index contributed by atoms with van der Waals surface area (Å²) in [7, 11) is 0. The first kappa shape index (κ1) is 11.8. The van der Waals surface area contributed by atoms with Crippen LogP contribution in [0.1, 0.15) is 19.3 Å². The van der Waals surface area contributed by atoms with E-state index in [4.69, 9.17) is 9.47 Å². The van der Waals surface area contributed by atoms with Crippen LogP contribution in [0.15, 0.2) is 0 Å². The maximum absolute atomic E-state index is 11.3. The van der Waals surface area contributed by atoms with Gasteiger partial charge in [0.25, 0.3) is 0 Å². The molecule has 0 saturated carbocycles. The third kappa shape index (κ3) is 3.73. The molecule has 2 N–H and O–H groups in total. The van der Waals surface area contributed by atoms with Crippen molar-refractivity contribution in [3.63, 3.8) is 0 Å². The molecule has 2 unspecified atom stereocenters. The average molecular weight is 228 g/mol. The van der Waals surface area contributed by atoms with Crippen molar-refractivity contribution in [2.45, 2.75) is 31.4 Å². The van der Waals surface area contributed by atoms with Crippen molar-refractivity contribution in [2.24, 2.45) is 0 Å². The maximum Gasteiger partial charge on any atom is 0.221 e. The summed E-state index contributed by atoms with van der Waals surface area (Å²) in [6, 6.07) is 0.285. The van der Waals surface area contributed by atoms with Gasteiger partial charge in [-0.25, -0.2) is 0 Å². The Balaban J connectivity index is 1.69. The van der Waals surface area contributed by atoms with Gasteiger partial charge in [-0.15, -0.1) is 0 Å². The SMILES string of the molecule is O=C1CC(NCC2COCCO2)CCCN1. The summed E-state index contributed by atoms with van der Waals surface area (Å²) in [6.45, 7) is 3.61. The van der Waals surface area contributed by atoms with E-state index >= 15 is 0 Å². The molecule has 2 fully saturated rings. The Morgan fingerprint density at radius 1 is 1.44 bits per heavy atom. The van der Waals surface area contributed by atoms with Crippen molar-refractivity contribution >= 4 is 5.91 Å². The molecule has 5 heteroatoms.